The number of hydrogen-bond donors (Lipinski definition) is 0. The summed E-state index contributed by atoms with van der Waals surface area (Å²) in [5.41, 5.74) is 0.815. The maximum absolute atomic E-state index is 12.6. The highest BCUT2D eigenvalue weighted by Crippen LogP contribution is 2.33. The number of piperidine rings is 1. The summed E-state index contributed by atoms with van der Waals surface area (Å²) in [7, 11) is 0. The SMILES string of the molecule is FC(F)Oc1ccccc1CN1CCC[C@H](c2nccn2CC2CC2)C1. The van der Waals surface area contributed by atoms with Crippen molar-refractivity contribution in [2.45, 2.75) is 51.3 Å². The van der Waals surface area contributed by atoms with E-state index in [4.69, 9.17) is 0 Å². The van der Waals surface area contributed by atoms with Crippen molar-refractivity contribution in [2.24, 2.45) is 5.92 Å². The molecular weight excluding hydrogens is 336 g/mol. The van der Waals surface area contributed by atoms with Crippen molar-refractivity contribution in [3.8, 4) is 5.75 Å². The molecule has 1 saturated heterocycles. The first-order chi connectivity index (χ1) is 12.7. The number of aromatic nitrogens is 2. The molecular formula is C20H25F2N3O. The highest BCUT2D eigenvalue weighted by Gasteiger charge is 2.28. The molecule has 0 unspecified atom stereocenters. The summed E-state index contributed by atoms with van der Waals surface area (Å²) < 4.78 is 32.3. The molecule has 1 aliphatic heterocycles. The molecule has 0 N–H and O–H groups in total. The molecule has 1 aromatic heterocycles. The summed E-state index contributed by atoms with van der Waals surface area (Å²) in [6.45, 7) is 0.799. The number of para-hydroxylation sites is 1. The van der Waals surface area contributed by atoms with Gasteiger partial charge in [-0.05, 0) is 44.2 Å². The number of benzene rings is 1. The van der Waals surface area contributed by atoms with Crippen molar-refractivity contribution in [2.75, 3.05) is 13.1 Å². The minimum absolute atomic E-state index is 0.278. The highest BCUT2D eigenvalue weighted by atomic mass is 19.3. The van der Waals surface area contributed by atoms with E-state index in [2.05, 4.69) is 25.4 Å². The maximum Gasteiger partial charge on any atom is 0.387 e. The number of rotatable bonds is 7. The lowest BCUT2D eigenvalue weighted by atomic mass is 9.96. The summed E-state index contributed by atoms with van der Waals surface area (Å²) in [4.78, 5) is 6.96. The molecule has 2 heterocycles. The monoisotopic (exact) mass is 361 g/mol. The van der Waals surface area contributed by atoms with Crippen LogP contribution in [0.5, 0.6) is 5.75 Å². The predicted molar refractivity (Wildman–Crippen MR) is 95.3 cm³/mol. The second-order valence-corrected chi connectivity index (χ2v) is 7.44. The summed E-state index contributed by atoms with van der Waals surface area (Å²) in [5, 5.41) is 0. The minimum Gasteiger partial charge on any atom is -0.434 e. The Morgan fingerprint density at radius 1 is 1.19 bits per heavy atom. The minimum atomic E-state index is -2.79. The Bertz CT molecular complexity index is 729. The fraction of sp³-hybridized carbons (Fsp3) is 0.550. The largest absolute Gasteiger partial charge is 0.434 e. The van der Waals surface area contributed by atoms with Crippen LogP contribution in [0.1, 0.15) is 43.0 Å². The molecule has 4 nitrogen and oxygen atoms in total. The van der Waals surface area contributed by atoms with E-state index in [1.807, 2.05) is 18.3 Å². The lowest BCUT2D eigenvalue weighted by Gasteiger charge is -2.33. The van der Waals surface area contributed by atoms with Gasteiger partial charge >= 0.3 is 6.61 Å². The van der Waals surface area contributed by atoms with Crippen molar-refractivity contribution in [1.29, 1.82) is 0 Å². The van der Waals surface area contributed by atoms with Gasteiger partial charge in [-0.2, -0.15) is 8.78 Å². The first-order valence-electron chi connectivity index (χ1n) is 9.45. The first-order valence-corrected chi connectivity index (χ1v) is 9.45. The van der Waals surface area contributed by atoms with Gasteiger partial charge in [-0.15, -0.1) is 0 Å². The third-order valence-corrected chi connectivity index (χ3v) is 5.35. The molecule has 4 rings (SSSR count). The first kappa shape index (κ1) is 17.5. The molecule has 1 saturated carbocycles. The van der Waals surface area contributed by atoms with Crippen LogP contribution in [0.25, 0.3) is 0 Å². The standard InChI is InChI=1S/C20H25F2N3O/c21-20(22)26-18-6-2-1-4-16(18)13-24-10-3-5-17(14-24)19-23-9-11-25(19)12-15-7-8-15/h1-2,4,6,9,11,15,17,20H,3,5,7-8,10,12-14H2/t17-/m0/s1. The average molecular weight is 361 g/mol. The quantitative estimate of drug-likeness (QED) is 0.738. The van der Waals surface area contributed by atoms with Crippen LogP contribution in [0, 0.1) is 5.92 Å². The smallest absolute Gasteiger partial charge is 0.387 e. The summed E-state index contributed by atoms with van der Waals surface area (Å²) in [6, 6.07) is 7.09. The zero-order valence-corrected chi connectivity index (χ0v) is 14.9. The Kier molecular flexibility index (Phi) is 5.20. The number of likely N-dealkylation sites (tertiary alicyclic amines) is 1. The van der Waals surface area contributed by atoms with Gasteiger partial charge in [0.2, 0.25) is 0 Å². The average Bonchev–Trinajstić information content (AvgIpc) is 3.32. The van der Waals surface area contributed by atoms with Crippen LogP contribution in [-0.2, 0) is 13.1 Å². The van der Waals surface area contributed by atoms with Gasteiger partial charge in [0.1, 0.15) is 11.6 Å². The van der Waals surface area contributed by atoms with Gasteiger partial charge in [-0.1, -0.05) is 18.2 Å². The lowest BCUT2D eigenvalue weighted by molar-refractivity contribution is -0.0508. The van der Waals surface area contributed by atoms with Gasteiger partial charge in [-0.25, -0.2) is 4.98 Å². The molecule has 2 fully saturated rings. The van der Waals surface area contributed by atoms with Gasteiger partial charge in [0.25, 0.3) is 0 Å². The van der Waals surface area contributed by atoms with E-state index in [9.17, 15) is 8.78 Å². The number of imidazole rings is 1. The predicted octanol–water partition coefficient (Wildman–Crippen LogP) is 4.27. The summed E-state index contributed by atoms with van der Waals surface area (Å²) in [6.07, 6.45) is 8.89. The zero-order valence-electron chi connectivity index (χ0n) is 14.9. The number of halogens is 2. The van der Waals surface area contributed by atoms with Crippen molar-refractivity contribution >= 4 is 0 Å². The molecule has 0 bridgehead atoms. The van der Waals surface area contributed by atoms with Gasteiger partial charge in [0.15, 0.2) is 0 Å². The Morgan fingerprint density at radius 2 is 2.04 bits per heavy atom. The van der Waals surface area contributed by atoms with Crippen LogP contribution in [0.3, 0.4) is 0 Å². The van der Waals surface area contributed by atoms with Crippen LogP contribution in [0.2, 0.25) is 0 Å². The molecule has 6 heteroatoms. The van der Waals surface area contributed by atoms with E-state index < -0.39 is 6.61 Å². The molecule has 140 valence electrons. The van der Waals surface area contributed by atoms with Crippen LogP contribution >= 0.6 is 0 Å². The molecule has 1 atom stereocenters. The van der Waals surface area contributed by atoms with Gasteiger partial charge in [-0.3, -0.25) is 4.90 Å². The zero-order chi connectivity index (χ0) is 17.9. The van der Waals surface area contributed by atoms with Crippen molar-refractivity contribution in [3.63, 3.8) is 0 Å². The Morgan fingerprint density at radius 3 is 2.85 bits per heavy atom. The second kappa shape index (κ2) is 7.74. The van der Waals surface area contributed by atoms with Crippen molar-refractivity contribution in [3.05, 3.63) is 48.0 Å². The molecule has 0 radical (unpaired) electrons. The third kappa shape index (κ3) is 4.23. The number of nitrogens with zero attached hydrogens (tertiary/aromatic N) is 3. The Labute approximate surface area is 152 Å². The van der Waals surface area contributed by atoms with Crippen LogP contribution in [-0.4, -0.2) is 34.2 Å². The van der Waals surface area contributed by atoms with E-state index >= 15 is 0 Å². The Balaban J connectivity index is 1.44. The molecule has 26 heavy (non-hydrogen) atoms. The maximum atomic E-state index is 12.6. The molecule has 1 aromatic carbocycles. The van der Waals surface area contributed by atoms with Gasteiger partial charge in [0, 0.05) is 43.5 Å². The van der Waals surface area contributed by atoms with Crippen molar-refractivity contribution in [1.82, 2.24) is 14.5 Å². The van der Waals surface area contributed by atoms with Crippen LogP contribution < -0.4 is 4.74 Å². The van der Waals surface area contributed by atoms with E-state index in [1.165, 1.54) is 18.7 Å². The molecule has 2 aliphatic rings. The van der Waals surface area contributed by atoms with E-state index in [-0.39, 0.29) is 5.75 Å². The van der Waals surface area contributed by atoms with Gasteiger partial charge < -0.3 is 9.30 Å². The molecule has 1 aliphatic carbocycles. The number of ether oxygens (including phenoxy) is 1. The molecule has 0 spiro atoms. The highest BCUT2D eigenvalue weighted by molar-refractivity contribution is 5.33. The lowest BCUT2D eigenvalue weighted by Crippen LogP contribution is -2.35. The second-order valence-electron chi connectivity index (χ2n) is 7.44. The third-order valence-electron chi connectivity index (χ3n) is 5.35. The topological polar surface area (TPSA) is 30.3 Å². The van der Waals surface area contributed by atoms with Crippen molar-refractivity contribution < 1.29 is 13.5 Å². The summed E-state index contributed by atoms with van der Waals surface area (Å²) in [5.74, 6) is 2.68. The van der Waals surface area contributed by atoms with E-state index in [1.54, 1.807) is 12.1 Å². The fourth-order valence-corrected chi connectivity index (χ4v) is 3.91. The Hall–Kier alpha value is -1.95. The van der Waals surface area contributed by atoms with Crippen LogP contribution in [0.15, 0.2) is 36.7 Å². The van der Waals surface area contributed by atoms with Crippen LogP contribution in [0.4, 0.5) is 8.78 Å². The number of hydrogen-bond acceptors (Lipinski definition) is 3. The fourth-order valence-electron chi connectivity index (χ4n) is 3.91. The molecule has 0 amide bonds. The van der Waals surface area contributed by atoms with E-state index in [0.717, 1.165) is 44.0 Å². The van der Waals surface area contributed by atoms with Gasteiger partial charge in [0.05, 0.1) is 0 Å². The normalized spacial score (nSPS) is 21.3. The number of alkyl halides is 2. The summed E-state index contributed by atoms with van der Waals surface area (Å²) >= 11 is 0. The van der Waals surface area contributed by atoms with E-state index in [0.29, 0.717) is 12.5 Å². The molecule has 2 aromatic rings.